The molecule has 0 aliphatic heterocycles. The molecule has 1 aromatic carbocycles. The lowest BCUT2D eigenvalue weighted by atomic mass is 10.1. The van der Waals surface area contributed by atoms with Crippen molar-refractivity contribution in [2.45, 2.75) is 19.9 Å². The van der Waals surface area contributed by atoms with Crippen LogP contribution in [-0.4, -0.2) is 20.1 Å². The quantitative estimate of drug-likeness (QED) is 0.774. The molecule has 3 heteroatoms. The summed E-state index contributed by atoms with van der Waals surface area (Å²) >= 11 is 0. The average Bonchev–Trinajstić information content (AvgIpc) is 2.96. The van der Waals surface area contributed by atoms with E-state index in [1.807, 2.05) is 6.07 Å². The summed E-state index contributed by atoms with van der Waals surface area (Å²) in [5.74, 6) is 0. The van der Waals surface area contributed by atoms with Crippen LogP contribution in [0.1, 0.15) is 18.1 Å². The Kier molecular flexibility index (Phi) is 5.04. The van der Waals surface area contributed by atoms with Gasteiger partial charge in [-0.25, -0.2) is 0 Å². The second kappa shape index (κ2) is 7.00. The predicted octanol–water partition coefficient (Wildman–Crippen LogP) is 3.07. The number of hydrogen-bond donors (Lipinski definition) is 1. The summed E-state index contributed by atoms with van der Waals surface area (Å²) in [4.78, 5) is 2.27. The third-order valence-corrected chi connectivity index (χ3v) is 3.32. The highest BCUT2D eigenvalue weighted by Crippen LogP contribution is 2.13. The first-order valence-corrected chi connectivity index (χ1v) is 6.81. The van der Waals surface area contributed by atoms with Crippen molar-refractivity contribution < 1.29 is 4.42 Å². The van der Waals surface area contributed by atoms with Gasteiger partial charge in [0.2, 0.25) is 0 Å². The maximum absolute atomic E-state index is 5.03. The van der Waals surface area contributed by atoms with Crippen molar-refractivity contribution in [3.8, 4) is 0 Å². The van der Waals surface area contributed by atoms with Crippen molar-refractivity contribution in [2.24, 2.45) is 0 Å². The number of rotatable bonds is 7. The van der Waals surface area contributed by atoms with Crippen molar-refractivity contribution in [3.05, 3.63) is 54.0 Å². The van der Waals surface area contributed by atoms with Gasteiger partial charge in [-0.3, -0.25) is 0 Å². The molecular formula is C16H22N2O. The Morgan fingerprint density at radius 1 is 1.11 bits per heavy atom. The number of hydrogen-bond acceptors (Lipinski definition) is 3. The fourth-order valence-corrected chi connectivity index (χ4v) is 1.99. The van der Waals surface area contributed by atoms with Gasteiger partial charge in [0, 0.05) is 37.9 Å². The Labute approximate surface area is 115 Å². The van der Waals surface area contributed by atoms with Gasteiger partial charge in [0.05, 0.1) is 12.5 Å². The van der Waals surface area contributed by atoms with E-state index in [2.05, 4.69) is 48.5 Å². The van der Waals surface area contributed by atoms with Gasteiger partial charge in [-0.2, -0.15) is 0 Å². The molecule has 0 saturated heterocycles. The van der Waals surface area contributed by atoms with Crippen molar-refractivity contribution in [1.29, 1.82) is 0 Å². The maximum atomic E-state index is 5.03. The molecule has 0 atom stereocenters. The van der Waals surface area contributed by atoms with Gasteiger partial charge in [0.15, 0.2) is 0 Å². The number of furan rings is 1. The van der Waals surface area contributed by atoms with Crippen LogP contribution in [0.4, 0.5) is 5.69 Å². The van der Waals surface area contributed by atoms with E-state index >= 15 is 0 Å². The standard InChI is InChI=1S/C16H22N2O/c1-3-14-4-6-16(7-5-14)18(2)10-9-17-12-15-8-11-19-13-15/h4-8,11,13,17H,3,9-10,12H2,1-2H3. The zero-order valence-electron chi connectivity index (χ0n) is 11.7. The zero-order valence-corrected chi connectivity index (χ0v) is 11.7. The van der Waals surface area contributed by atoms with E-state index in [-0.39, 0.29) is 0 Å². The number of aryl methyl sites for hydroxylation is 1. The molecule has 2 rings (SSSR count). The molecule has 1 heterocycles. The fourth-order valence-electron chi connectivity index (χ4n) is 1.99. The van der Waals surface area contributed by atoms with E-state index in [1.54, 1.807) is 12.5 Å². The predicted molar refractivity (Wildman–Crippen MR) is 79.5 cm³/mol. The van der Waals surface area contributed by atoms with Crippen LogP contribution in [0, 0.1) is 0 Å². The third-order valence-electron chi connectivity index (χ3n) is 3.32. The van der Waals surface area contributed by atoms with Crippen LogP contribution in [0.15, 0.2) is 47.3 Å². The SMILES string of the molecule is CCc1ccc(N(C)CCNCc2ccoc2)cc1. The molecule has 0 fully saturated rings. The molecule has 0 unspecified atom stereocenters. The smallest absolute Gasteiger partial charge is 0.0947 e. The van der Waals surface area contributed by atoms with Gasteiger partial charge in [0.25, 0.3) is 0 Å². The number of nitrogens with one attached hydrogen (secondary N) is 1. The highest BCUT2D eigenvalue weighted by Gasteiger charge is 2.00. The lowest BCUT2D eigenvalue weighted by Crippen LogP contribution is -2.28. The molecule has 3 nitrogen and oxygen atoms in total. The molecule has 0 radical (unpaired) electrons. The Hall–Kier alpha value is -1.74. The maximum Gasteiger partial charge on any atom is 0.0947 e. The summed E-state index contributed by atoms with van der Waals surface area (Å²) in [7, 11) is 2.13. The first kappa shape index (κ1) is 13.7. The van der Waals surface area contributed by atoms with Gasteiger partial charge in [-0.15, -0.1) is 0 Å². The molecule has 0 amide bonds. The third kappa shape index (κ3) is 4.14. The van der Waals surface area contributed by atoms with Crippen LogP contribution in [0.3, 0.4) is 0 Å². The number of nitrogens with zero attached hydrogens (tertiary/aromatic N) is 1. The molecule has 0 aliphatic rings. The topological polar surface area (TPSA) is 28.4 Å². The fraction of sp³-hybridized carbons (Fsp3) is 0.375. The summed E-state index contributed by atoms with van der Waals surface area (Å²) in [6, 6.07) is 10.8. The van der Waals surface area contributed by atoms with Gasteiger partial charge >= 0.3 is 0 Å². The first-order chi connectivity index (χ1) is 9.29. The summed E-state index contributed by atoms with van der Waals surface area (Å²) in [6.07, 6.45) is 4.58. The minimum Gasteiger partial charge on any atom is -0.472 e. The average molecular weight is 258 g/mol. The molecule has 0 aliphatic carbocycles. The molecule has 1 aromatic heterocycles. The van der Waals surface area contributed by atoms with Gasteiger partial charge in [-0.1, -0.05) is 19.1 Å². The van der Waals surface area contributed by atoms with Crippen LogP contribution in [-0.2, 0) is 13.0 Å². The van der Waals surface area contributed by atoms with Gasteiger partial charge < -0.3 is 14.6 Å². The second-order valence-electron chi connectivity index (χ2n) is 4.75. The summed E-state index contributed by atoms with van der Waals surface area (Å²) in [5, 5.41) is 3.41. The number of anilines is 1. The lowest BCUT2D eigenvalue weighted by Gasteiger charge is -2.19. The van der Waals surface area contributed by atoms with E-state index in [1.165, 1.54) is 16.8 Å². The normalized spacial score (nSPS) is 10.6. The van der Waals surface area contributed by atoms with Crippen LogP contribution in [0.25, 0.3) is 0 Å². The Bertz CT molecular complexity index is 462. The molecule has 0 spiro atoms. The van der Waals surface area contributed by atoms with E-state index in [4.69, 9.17) is 4.42 Å². The molecule has 2 aromatic rings. The minimum absolute atomic E-state index is 0.860. The van der Waals surface area contributed by atoms with Gasteiger partial charge in [0.1, 0.15) is 0 Å². The zero-order chi connectivity index (χ0) is 13.5. The summed E-state index contributed by atoms with van der Waals surface area (Å²) < 4.78 is 5.03. The van der Waals surface area contributed by atoms with Crippen molar-refractivity contribution in [1.82, 2.24) is 5.32 Å². The number of benzene rings is 1. The summed E-state index contributed by atoms with van der Waals surface area (Å²) in [5.41, 5.74) is 3.84. The Balaban J connectivity index is 1.72. The van der Waals surface area contributed by atoms with Crippen LogP contribution in [0.5, 0.6) is 0 Å². The Morgan fingerprint density at radius 3 is 2.53 bits per heavy atom. The summed E-state index contributed by atoms with van der Waals surface area (Å²) in [6.45, 7) is 4.98. The molecule has 0 saturated carbocycles. The van der Waals surface area contributed by atoms with E-state index in [0.29, 0.717) is 0 Å². The van der Waals surface area contributed by atoms with Crippen molar-refractivity contribution >= 4 is 5.69 Å². The number of likely N-dealkylation sites (N-methyl/N-ethyl adjacent to an activating group) is 1. The molecule has 1 N–H and O–H groups in total. The van der Waals surface area contributed by atoms with E-state index in [9.17, 15) is 0 Å². The highest BCUT2D eigenvalue weighted by molar-refractivity contribution is 5.46. The molecular weight excluding hydrogens is 236 g/mol. The molecule has 102 valence electrons. The monoisotopic (exact) mass is 258 g/mol. The molecule has 19 heavy (non-hydrogen) atoms. The van der Waals surface area contributed by atoms with E-state index in [0.717, 1.165) is 26.1 Å². The molecule has 0 bridgehead atoms. The highest BCUT2D eigenvalue weighted by atomic mass is 16.3. The minimum atomic E-state index is 0.860. The Morgan fingerprint density at radius 2 is 1.89 bits per heavy atom. The van der Waals surface area contributed by atoms with Crippen molar-refractivity contribution in [3.63, 3.8) is 0 Å². The van der Waals surface area contributed by atoms with Crippen LogP contribution in [0.2, 0.25) is 0 Å². The largest absolute Gasteiger partial charge is 0.472 e. The van der Waals surface area contributed by atoms with Crippen LogP contribution < -0.4 is 10.2 Å². The lowest BCUT2D eigenvalue weighted by molar-refractivity contribution is 0.560. The van der Waals surface area contributed by atoms with Gasteiger partial charge in [-0.05, 0) is 30.2 Å². The second-order valence-corrected chi connectivity index (χ2v) is 4.75. The van der Waals surface area contributed by atoms with Crippen molar-refractivity contribution in [2.75, 3.05) is 25.0 Å². The first-order valence-electron chi connectivity index (χ1n) is 6.81. The van der Waals surface area contributed by atoms with Crippen LogP contribution >= 0.6 is 0 Å². The van der Waals surface area contributed by atoms with E-state index < -0.39 is 0 Å².